The summed E-state index contributed by atoms with van der Waals surface area (Å²) >= 11 is 0. The molecule has 0 fully saturated rings. The van der Waals surface area contributed by atoms with Gasteiger partial charge >= 0.3 is 0 Å². The summed E-state index contributed by atoms with van der Waals surface area (Å²) in [5.41, 5.74) is 6.13. The van der Waals surface area contributed by atoms with E-state index >= 15 is 0 Å². The molecule has 4 N–H and O–H groups in total. The third-order valence-electron chi connectivity index (χ3n) is 3.79. The first kappa shape index (κ1) is 18.6. The molecule has 0 spiro atoms. The Morgan fingerprint density at radius 3 is 2.14 bits per heavy atom. The fourth-order valence-electron chi connectivity index (χ4n) is 1.79. The molecule has 0 unspecified atom stereocenters. The average molecular weight is 327 g/mol. The van der Waals surface area contributed by atoms with E-state index < -0.39 is 15.6 Å². The highest BCUT2D eigenvalue weighted by molar-refractivity contribution is 7.89. The van der Waals surface area contributed by atoms with Crippen LogP contribution in [0, 0.1) is 0 Å². The van der Waals surface area contributed by atoms with Crippen LogP contribution in [0.5, 0.6) is 0 Å². The van der Waals surface area contributed by atoms with Gasteiger partial charge in [-0.1, -0.05) is 20.8 Å². The van der Waals surface area contributed by atoms with Gasteiger partial charge in [0.25, 0.3) is 0 Å². The minimum Gasteiger partial charge on any atom is -0.326 e. The van der Waals surface area contributed by atoms with Crippen molar-refractivity contribution < 1.29 is 13.2 Å². The van der Waals surface area contributed by atoms with E-state index in [1.165, 1.54) is 12.1 Å². The predicted octanol–water partition coefficient (Wildman–Crippen LogP) is 1.83. The fraction of sp³-hybridized carbons (Fsp3) is 0.533. The first-order chi connectivity index (χ1) is 10.3. The molecule has 1 aromatic carbocycles. The van der Waals surface area contributed by atoms with Crippen molar-refractivity contribution in [2.45, 2.75) is 50.5 Å². The van der Waals surface area contributed by atoms with Crippen LogP contribution in [0.2, 0.25) is 0 Å². The summed E-state index contributed by atoms with van der Waals surface area (Å²) in [5.74, 6) is -0.118. The number of hydrogen-bond donors (Lipinski definition) is 3. The van der Waals surface area contributed by atoms with Gasteiger partial charge in [-0.25, -0.2) is 13.1 Å². The van der Waals surface area contributed by atoms with Gasteiger partial charge in [0.05, 0.1) is 4.90 Å². The van der Waals surface area contributed by atoms with Crippen molar-refractivity contribution in [1.29, 1.82) is 0 Å². The number of benzene rings is 1. The molecule has 0 aliphatic rings. The molecular weight excluding hydrogens is 302 g/mol. The zero-order chi connectivity index (χ0) is 16.8. The molecule has 22 heavy (non-hydrogen) atoms. The van der Waals surface area contributed by atoms with Crippen LogP contribution in [0.15, 0.2) is 29.2 Å². The highest BCUT2D eigenvalue weighted by atomic mass is 32.2. The highest BCUT2D eigenvalue weighted by Gasteiger charge is 2.24. The van der Waals surface area contributed by atoms with Crippen LogP contribution in [0.3, 0.4) is 0 Å². The number of anilines is 1. The summed E-state index contributed by atoms with van der Waals surface area (Å²) < 4.78 is 27.0. The van der Waals surface area contributed by atoms with Crippen molar-refractivity contribution in [3.63, 3.8) is 0 Å². The van der Waals surface area contributed by atoms with Crippen LogP contribution in [0.4, 0.5) is 5.69 Å². The van der Waals surface area contributed by atoms with E-state index in [2.05, 4.69) is 10.0 Å². The Bertz CT molecular complexity index is 593. The molecule has 0 aliphatic carbocycles. The molecule has 0 atom stereocenters. The number of nitrogens with one attached hydrogen (secondary N) is 2. The number of carbonyl (C=O) groups is 1. The van der Waals surface area contributed by atoms with Crippen molar-refractivity contribution in [3.05, 3.63) is 24.3 Å². The van der Waals surface area contributed by atoms with E-state index in [9.17, 15) is 13.2 Å². The third kappa shape index (κ3) is 5.08. The highest BCUT2D eigenvalue weighted by Crippen LogP contribution is 2.16. The molecule has 0 heterocycles. The standard InChI is InChI=1S/C15H25N3O3S/c1-4-14(19)18-12-7-9-13(10-8-12)22(20,21)17-11-15(16,5-2)6-3/h7-10,17H,4-6,11,16H2,1-3H3,(H,18,19). The Labute approximate surface area is 132 Å². The van der Waals surface area contributed by atoms with Gasteiger partial charge in [-0.3, -0.25) is 4.79 Å². The SMILES string of the molecule is CCC(=O)Nc1ccc(S(=O)(=O)NCC(N)(CC)CC)cc1. The van der Waals surface area contributed by atoms with Crippen LogP contribution >= 0.6 is 0 Å². The molecule has 7 heteroatoms. The molecule has 0 bridgehead atoms. The normalized spacial score (nSPS) is 12.2. The van der Waals surface area contributed by atoms with Crippen molar-refractivity contribution in [2.24, 2.45) is 5.73 Å². The summed E-state index contributed by atoms with van der Waals surface area (Å²) in [6.07, 6.45) is 1.75. The van der Waals surface area contributed by atoms with E-state index in [1.807, 2.05) is 13.8 Å². The van der Waals surface area contributed by atoms with Crippen LogP contribution in [-0.4, -0.2) is 26.4 Å². The second-order valence-corrected chi connectivity index (χ2v) is 7.09. The van der Waals surface area contributed by atoms with Gasteiger partial charge in [0.2, 0.25) is 15.9 Å². The minimum atomic E-state index is -3.61. The van der Waals surface area contributed by atoms with Gasteiger partial charge in [-0.05, 0) is 37.1 Å². The van der Waals surface area contributed by atoms with Gasteiger partial charge in [0, 0.05) is 24.2 Å². The molecule has 1 amide bonds. The molecule has 0 radical (unpaired) electrons. The quantitative estimate of drug-likeness (QED) is 0.678. The van der Waals surface area contributed by atoms with E-state index in [1.54, 1.807) is 19.1 Å². The smallest absolute Gasteiger partial charge is 0.240 e. The maximum Gasteiger partial charge on any atom is 0.240 e. The summed E-state index contributed by atoms with van der Waals surface area (Å²) in [5, 5.41) is 2.67. The van der Waals surface area contributed by atoms with Crippen molar-refractivity contribution in [1.82, 2.24) is 4.72 Å². The zero-order valence-corrected chi connectivity index (χ0v) is 14.2. The van der Waals surface area contributed by atoms with Crippen LogP contribution in [-0.2, 0) is 14.8 Å². The van der Waals surface area contributed by atoms with Crippen LogP contribution in [0.25, 0.3) is 0 Å². The summed E-state index contributed by atoms with van der Waals surface area (Å²) in [4.78, 5) is 11.4. The predicted molar refractivity (Wildman–Crippen MR) is 88.1 cm³/mol. The fourth-order valence-corrected chi connectivity index (χ4v) is 2.93. The first-order valence-electron chi connectivity index (χ1n) is 7.44. The lowest BCUT2D eigenvalue weighted by Crippen LogP contribution is -2.49. The minimum absolute atomic E-state index is 0.118. The van der Waals surface area contributed by atoms with E-state index in [0.29, 0.717) is 24.9 Å². The Hall–Kier alpha value is -1.44. The molecule has 0 aromatic heterocycles. The molecule has 124 valence electrons. The summed E-state index contributed by atoms with van der Waals surface area (Å²) in [6.45, 7) is 5.81. The van der Waals surface area contributed by atoms with Crippen molar-refractivity contribution in [3.8, 4) is 0 Å². The van der Waals surface area contributed by atoms with Gasteiger partial charge in [-0.2, -0.15) is 0 Å². The Balaban J connectivity index is 2.79. The third-order valence-corrected chi connectivity index (χ3v) is 5.21. The second-order valence-electron chi connectivity index (χ2n) is 5.32. The monoisotopic (exact) mass is 327 g/mol. The molecule has 1 rings (SSSR count). The Morgan fingerprint density at radius 2 is 1.68 bits per heavy atom. The summed E-state index contributed by atoms with van der Waals surface area (Å²) in [7, 11) is -3.61. The van der Waals surface area contributed by atoms with Crippen molar-refractivity contribution in [2.75, 3.05) is 11.9 Å². The Kier molecular flexibility index (Phi) is 6.52. The average Bonchev–Trinajstić information content (AvgIpc) is 2.53. The molecule has 6 nitrogen and oxygen atoms in total. The second kappa shape index (κ2) is 7.71. The largest absolute Gasteiger partial charge is 0.326 e. The number of nitrogens with two attached hydrogens (primary N) is 1. The van der Waals surface area contributed by atoms with Crippen LogP contribution < -0.4 is 15.8 Å². The topological polar surface area (TPSA) is 101 Å². The van der Waals surface area contributed by atoms with E-state index in [-0.39, 0.29) is 17.3 Å². The van der Waals surface area contributed by atoms with Gasteiger partial charge in [0.15, 0.2) is 0 Å². The number of rotatable bonds is 8. The zero-order valence-electron chi connectivity index (χ0n) is 13.3. The maximum absolute atomic E-state index is 12.2. The number of hydrogen-bond acceptors (Lipinski definition) is 4. The molecule has 0 saturated heterocycles. The number of amides is 1. The van der Waals surface area contributed by atoms with Crippen molar-refractivity contribution >= 4 is 21.6 Å². The van der Waals surface area contributed by atoms with Gasteiger partial charge < -0.3 is 11.1 Å². The molecule has 1 aromatic rings. The number of sulfonamides is 1. The van der Waals surface area contributed by atoms with Gasteiger partial charge in [-0.15, -0.1) is 0 Å². The molecule has 0 aliphatic heterocycles. The first-order valence-corrected chi connectivity index (χ1v) is 8.93. The lowest BCUT2D eigenvalue weighted by molar-refractivity contribution is -0.115. The van der Waals surface area contributed by atoms with E-state index in [0.717, 1.165) is 0 Å². The van der Waals surface area contributed by atoms with E-state index in [4.69, 9.17) is 5.73 Å². The maximum atomic E-state index is 12.2. The summed E-state index contributed by atoms with van der Waals surface area (Å²) in [6, 6.07) is 6.06. The lowest BCUT2D eigenvalue weighted by Gasteiger charge is -2.26. The van der Waals surface area contributed by atoms with Crippen LogP contribution in [0.1, 0.15) is 40.0 Å². The Morgan fingerprint density at radius 1 is 1.14 bits per heavy atom. The molecular formula is C15H25N3O3S. The molecule has 0 saturated carbocycles. The number of carbonyl (C=O) groups excluding carboxylic acids is 1. The lowest BCUT2D eigenvalue weighted by atomic mass is 9.95. The van der Waals surface area contributed by atoms with Gasteiger partial charge in [0.1, 0.15) is 0 Å².